The average Bonchev–Trinajstić information content (AvgIpc) is 2.26. The Morgan fingerprint density at radius 3 is 2.73 bits per heavy atom. The van der Waals surface area contributed by atoms with E-state index in [1.54, 1.807) is 0 Å². The highest BCUT2D eigenvalue weighted by Gasteiger charge is 2.29. The van der Waals surface area contributed by atoms with E-state index in [0.29, 0.717) is 17.4 Å². The summed E-state index contributed by atoms with van der Waals surface area (Å²) in [5, 5.41) is 2.03. The molecule has 3 nitrogen and oxygen atoms in total. The molecule has 0 spiro atoms. The Hall–Kier alpha value is 0.200. The molecule has 1 heterocycles. The lowest BCUT2D eigenvalue weighted by Gasteiger charge is -2.03. The second-order valence-electron chi connectivity index (χ2n) is 2.88. The molecule has 0 saturated carbocycles. The highest BCUT2D eigenvalue weighted by atomic mass is 35.5. The quantitative estimate of drug-likeness (QED) is 0.590. The lowest BCUT2D eigenvalue weighted by molar-refractivity contribution is -0.680. The van der Waals surface area contributed by atoms with Gasteiger partial charge in [0.25, 0.3) is 0 Å². The molecule has 0 aromatic heterocycles. The number of nitrogens with two attached hydrogens (primary N) is 1. The highest BCUT2D eigenvalue weighted by Crippen LogP contribution is 2.07. The predicted molar refractivity (Wildman–Crippen MR) is 44.6 cm³/mol. The molecule has 1 atom stereocenters. The first kappa shape index (κ1) is 9.29. The Bertz CT molecular complexity index is 215. The fourth-order valence-corrected chi connectivity index (χ4v) is 3.22. The molecule has 1 saturated heterocycles. The van der Waals surface area contributed by atoms with Crippen LogP contribution in [0.4, 0.5) is 0 Å². The Kier molecular flexibility index (Phi) is 3.16. The fraction of sp³-hybridized carbons (Fsp3) is 1.00. The van der Waals surface area contributed by atoms with Crippen molar-refractivity contribution < 1.29 is 13.7 Å². The van der Waals surface area contributed by atoms with Crippen molar-refractivity contribution in [2.24, 2.45) is 0 Å². The molecule has 0 aromatic rings. The number of sulfone groups is 1. The van der Waals surface area contributed by atoms with Gasteiger partial charge in [0.15, 0.2) is 9.84 Å². The van der Waals surface area contributed by atoms with Crippen molar-refractivity contribution >= 4 is 21.4 Å². The van der Waals surface area contributed by atoms with Crippen molar-refractivity contribution in [2.45, 2.75) is 12.5 Å². The number of hydrogen-bond donors (Lipinski definition) is 1. The summed E-state index contributed by atoms with van der Waals surface area (Å²) in [5.74, 6) is 1.29. The van der Waals surface area contributed by atoms with Gasteiger partial charge in [-0.1, -0.05) is 0 Å². The van der Waals surface area contributed by atoms with Gasteiger partial charge in [-0.3, -0.25) is 0 Å². The van der Waals surface area contributed by atoms with Gasteiger partial charge in [0.05, 0.1) is 18.2 Å². The van der Waals surface area contributed by atoms with Crippen LogP contribution in [0.25, 0.3) is 0 Å². The molecule has 1 aliphatic heterocycles. The summed E-state index contributed by atoms with van der Waals surface area (Å²) in [6.45, 7) is 0.821. The minimum atomic E-state index is -2.70. The second kappa shape index (κ2) is 3.74. The Labute approximate surface area is 72.0 Å². The van der Waals surface area contributed by atoms with Gasteiger partial charge < -0.3 is 5.32 Å². The fourth-order valence-electron chi connectivity index (χ4n) is 1.31. The van der Waals surface area contributed by atoms with Gasteiger partial charge in [-0.05, 0) is 0 Å². The van der Waals surface area contributed by atoms with Gasteiger partial charge in [0.2, 0.25) is 0 Å². The molecule has 0 amide bonds. The predicted octanol–water partition coefficient (Wildman–Crippen LogP) is -1.02. The van der Waals surface area contributed by atoms with Gasteiger partial charge >= 0.3 is 0 Å². The van der Waals surface area contributed by atoms with Crippen molar-refractivity contribution in [1.29, 1.82) is 0 Å². The molecule has 0 aliphatic carbocycles. The summed E-state index contributed by atoms with van der Waals surface area (Å²) >= 11 is 5.47. The zero-order valence-corrected chi connectivity index (χ0v) is 7.87. The first-order chi connectivity index (χ1) is 5.14. The summed E-state index contributed by atoms with van der Waals surface area (Å²) in [6, 6.07) is 0.263. The summed E-state index contributed by atoms with van der Waals surface area (Å²) < 4.78 is 21.9. The van der Waals surface area contributed by atoms with E-state index in [9.17, 15) is 8.42 Å². The van der Waals surface area contributed by atoms with E-state index in [1.165, 1.54) is 0 Å². The van der Waals surface area contributed by atoms with Crippen LogP contribution in [0.15, 0.2) is 0 Å². The molecule has 0 unspecified atom stereocenters. The molecule has 2 N–H and O–H groups in total. The van der Waals surface area contributed by atoms with E-state index in [2.05, 4.69) is 0 Å². The normalized spacial score (nSPS) is 29.0. The maximum absolute atomic E-state index is 11.0. The molecule has 1 aliphatic rings. The van der Waals surface area contributed by atoms with Crippen LogP contribution >= 0.6 is 11.6 Å². The van der Waals surface area contributed by atoms with Crippen molar-refractivity contribution in [3.63, 3.8) is 0 Å². The number of rotatable bonds is 3. The van der Waals surface area contributed by atoms with E-state index in [-0.39, 0.29) is 6.04 Å². The number of quaternary nitrogens is 1. The third-order valence-electron chi connectivity index (χ3n) is 1.88. The van der Waals surface area contributed by atoms with E-state index >= 15 is 0 Å². The molecule has 1 fully saturated rings. The Morgan fingerprint density at radius 1 is 1.55 bits per heavy atom. The number of halogens is 1. The van der Waals surface area contributed by atoms with E-state index in [0.717, 1.165) is 13.0 Å². The SMILES string of the molecule is O=S1(=O)CC[C@@H]([NH2+]CCCl)C1. The molecule has 0 radical (unpaired) electrons. The van der Waals surface area contributed by atoms with Gasteiger partial charge in [0, 0.05) is 6.42 Å². The van der Waals surface area contributed by atoms with Crippen LogP contribution in [0.5, 0.6) is 0 Å². The molecule has 66 valence electrons. The van der Waals surface area contributed by atoms with Gasteiger partial charge in [-0.25, -0.2) is 8.42 Å². The molecular formula is C6H13ClNO2S+. The molecule has 11 heavy (non-hydrogen) atoms. The summed E-state index contributed by atoms with van der Waals surface area (Å²) in [5.41, 5.74) is 0. The van der Waals surface area contributed by atoms with Crippen LogP contribution in [0.1, 0.15) is 6.42 Å². The highest BCUT2D eigenvalue weighted by molar-refractivity contribution is 7.91. The average molecular weight is 199 g/mol. The zero-order valence-electron chi connectivity index (χ0n) is 6.29. The van der Waals surface area contributed by atoms with E-state index in [4.69, 9.17) is 11.6 Å². The van der Waals surface area contributed by atoms with Crippen LogP contribution in [-0.4, -0.2) is 38.4 Å². The topological polar surface area (TPSA) is 50.8 Å². The van der Waals surface area contributed by atoms with Crippen LogP contribution in [0.3, 0.4) is 0 Å². The smallest absolute Gasteiger partial charge is 0.156 e. The van der Waals surface area contributed by atoms with Crippen LogP contribution in [0, 0.1) is 0 Å². The summed E-state index contributed by atoms with van der Waals surface area (Å²) in [6.07, 6.45) is 0.791. The third-order valence-corrected chi connectivity index (χ3v) is 3.89. The maximum atomic E-state index is 11.0. The molecule has 1 rings (SSSR count). The first-order valence-corrected chi connectivity index (χ1v) is 6.09. The summed E-state index contributed by atoms with van der Waals surface area (Å²) in [7, 11) is -2.70. The van der Waals surface area contributed by atoms with Crippen molar-refractivity contribution in [1.82, 2.24) is 0 Å². The Morgan fingerprint density at radius 2 is 2.27 bits per heavy atom. The van der Waals surface area contributed by atoms with Crippen molar-refractivity contribution in [2.75, 3.05) is 23.9 Å². The minimum Gasteiger partial charge on any atom is -0.342 e. The lowest BCUT2D eigenvalue weighted by atomic mass is 10.3. The molecular weight excluding hydrogens is 186 g/mol. The van der Waals surface area contributed by atoms with Gasteiger partial charge in [0.1, 0.15) is 11.8 Å². The molecule has 5 heteroatoms. The monoisotopic (exact) mass is 198 g/mol. The zero-order chi connectivity index (χ0) is 8.32. The summed E-state index contributed by atoms with van der Waals surface area (Å²) in [4.78, 5) is 0. The third kappa shape index (κ3) is 2.97. The van der Waals surface area contributed by atoms with Gasteiger partial charge in [-0.2, -0.15) is 0 Å². The standard InChI is InChI=1S/C6H12ClNO2S/c7-2-3-8-6-1-4-11(9,10)5-6/h6,8H,1-5H2/p+1/t6-/m1/s1. The van der Waals surface area contributed by atoms with Gasteiger partial charge in [-0.15, -0.1) is 11.6 Å². The van der Waals surface area contributed by atoms with Crippen molar-refractivity contribution in [3.8, 4) is 0 Å². The van der Waals surface area contributed by atoms with E-state index in [1.807, 2.05) is 5.32 Å². The van der Waals surface area contributed by atoms with Crippen molar-refractivity contribution in [3.05, 3.63) is 0 Å². The second-order valence-corrected chi connectivity index (χ2v) is 5.48. The van der Waals surface area contributed by atoms with Crippen LogP contribution in [0.2, 0.25) is 0 Å². The van der Waals surface area contributed by atoms with Crippen LogP contribution in [-0.2, 0) is 9.84 Å². The van der Waals surface area contributed by atoms with Crippen LogP contribution < -0.4 is 5.32 Å². The maximum Gasteiger partial charge on any atom is 0.156 e. The largest absolute Gasteiger partial charge is 0.342 e. The minimum absolute atomic E-state index is 0.263. The number of hydrogen-bond acceptors (Lipinski definition) is 2. The molecule has 0 bridgehead atoms. The van der Waals surface area contributed by atoms with E-state index < -0.39 is 9.84 Å². The Balaban J connectivity index is 2.31. The molecule has 0 aromatic carbocycles. The number of alkyl halides is 1. The first-order valence-electron chi connectivity index (χ1n) is 3.74. The lowest BCUT2D eigenvalue weighted by Crippen LogP contribution is -2.91.